The first kappa shape index (κ1) is 17.0. The summed E-state index contributed by atoms with van der Waals surface area (Å²) in [6.07, 6.45) is 2.71. The van der Waals surface area contributed by atoms with Crippen molar-refractivity contribution in [2.75, 3.05) is 19.6 Å². The number of aryl methyl sites for hydroxylation is 1. The Balaban J connectivity index is 1.50. The van der Waals surface area contributed by atoms with E-state index in [1.807, 2.05) is 23.9 Å². The maximum Gasteiger partial charge on any atom is 0.223 e. The van der Waals surface area contributed by atoms with E-state index in [0.29, 0.717) is 12.6 Å². The highest BCUT2D eigenvalue weighted by molar-refractivity contribution is 5.82. The number of likely N-dealkylation sites (tertiary alicyclic amines) is 1. The number of aromatic nitrogens is 2. The molecule has 1 aliphatic rings. The molecule has 1 aromatic carbocycles. The number of fused-ring (bicyclic) bond motifs is 1. The van der Waals surface area contributed by atoms with Gasteiger partial charge in [-0.3, -0.25) is 9.48 Å². The molecule has 0 aliphatic carbocycles. The predicted molar refractivity (Wildman–Crippen MR) is 96.9 cm³/mol. The molecule has 5 heteroatoms. The van der Waals surface area contributed by atoms with Gasteiger partial charge in [-0.2, -0.15) is 5.10 Å². The Morgan fingerprint density at radius 1 is 1.29 bits per heavy atom. The highest BCUT2D eigenvalue weighted by Gasteiger charge is 2.25. The van der Waals surface area contributed by atoms with Crippen molar-refractivity contribution in [2.24, 2.45) is 13.0 Å². The molecule has 2 aromatic rings. The molecule has 1 N–H and O–H groups in total. The molecule has 0 unspecified atom stereocenters. The van der Waals surface area contributed by atoms with Gasteiger partial charge in [-0.05, 0) is 45.8 Å². The number of piperidine rings is 1. The summed E-state index contributed by atoms with van der Waals surface area (Å²) in [6, 6.07) is 8.81. The molecule has 2 heterocycles. The van der Waals surface area contributed by atoms with Gasteiger partial charge >= 0.3 is 0 Å². The van der Waals surface area contributed by atoms with Crippen molar-refractivity contribution in [3.05, 3.63) is 30.0 Å². The molecule has 1 amide bonds. The lowest BCUT2D eigenvalue weighted by Gasteiger charge is -2.33. The lowest BCUT2D eigenvalue weighted by molar-refractivity contribution is -0.126. The maximum atomic E-state index is 12.4. The van der Waals surface area contributed by atoms with Gasteiger partial charge in [0.15, 0.2) is 0 Å². The van der Waals surface area contributed by atoms with Crippen LogP contribution in [0.3, 0.4) is 0 Å². The first-order valence-electron chi connectivity index (χ1n) is 8.98. The third-order valence-corrected chi connectivity index (χ3v) is 5.13. The zero-order valence-corrected chi connectivity index (χ0v) is 15.0. The Labute approximate surface area is 144 Å². The van der Waals surface area contributed by atoms with E-state index in [9.17, 15) is 4.79 Å². The minimum atomic E-state index is 0.167. The van der Waals surface area contributed by atoms with Crippen molar-refractivity contribution in [3.63, 3.8) is 0 Å². The highest BCUT2D eigenvalue weighted by Crippen LogP contribution is 2.20. The molecule has 130 valence electrons. The van der Waals surface area contributed by atoms with Gasteiger partial charge in [0.05, 0.1) is 11.2 Å². The minimum Gasteiger partial charge on any atom is -0.355 e. The molecule has 1 aromatic heterocycles. The number of hydrogen-bond donors (Lipinski definition) is 1. The molecule has 5 nitrogen and oxygen atoms in total. The van der Waals surface area contributed by atoms with E-state index in [-0.39, 0.29) is 11.8 Å². The summed E-state index contributed by atoms with van der Waals surface area (Å²) in [5.41, 5.74) is 2.20. The van der Waals surface area contributed by atoms with Crippen molar-refractivity contribution < 1.29 is 4.79 Å². The second-order valence-corrected chi connectivity index (χ2v) is 7.03. The monoisotopic (exact) mass is 328 g/mol. The Hall–Kier alpha value is -1.88. The van der Waals surface area contributed by atoms with E-state index in [4.69, 9.17) is 0 Å². The molecule has 0 radical (unpaired) electrons. The Morgan fingerprint density at radius 3 is 2.71 bits per heavy atom. The van der Waals surface area contributed by atoms with E-state index in [1.165, 1.54) is 5.39 Å². The molecule has 3 rings (SSSR count). The van der Waals surface area contributed by atoms with Gasteiger partial charge in [0.2, 0.25) is 5.91 Å². The second-order valence-electron chi connectivity index (χ2n) is 7.03. The molecule has 1 fully saturated rings. The van der Waals surface area contributed by atoms with E-state index < -0.39 is 0 Å². The van der Waals surface area contributed by atoms with E-state index in [1.54, 1.807) is 0 Å². The van der Waals surface area contributed by atoms with Crippen LogP contribution in [0.1, 0.15) is 32.4 Å². The minimum absolute atomic E-state index is 0.167. The van der Waals surface area contributed by atoms with Crippen molar-refractivity contribution in [1.82, 2.24) is 20.0 Å². The fraction of sp³-hybridized carbons (Fsp3) is 0.579. The van der Waals surface area contributed by atoms with Crippen LogP contribution in [0.4, 0.5) is 0 Å². The summed E-state index contributed by atoms with van der Waals surface area (Å²) in [5, 5.41) is 8.88. The first-order valence-corrected chi connectivity index (χ1v) is 8.98. The highest BCUT2D eigenvalue weighted by atomic mass is 16.1. The van der Waals surface area contributed by atoms with Crippen LogP contribution >= 0.6 is 0 Å². The van der Waals surface area contributed by atoms with E-state index in [0.717, 1.165) is 43.6 Å². The van der Waals surface area contributed by atoms with Crippen LogP contribution in [0.25, 0.3) is 10.9 Å². The Morgan fingerprint density at radius 2 is 2.00 bits per heavy atom. The van der Waals surface area contributed by atoms with Gasteiger partial charge in [-0.1, -0.05) is 18.2 Å². The second kappa shape index (κ2) is 7.34. The zero-order valence-electron chi connectivity index (χ0n) is 15.0. The van der Waals surface area contributed by atoms with Gasteiger partial charge < -0.3 is 10.2 Å². The maximum absolute atomic E-state index is 12.4. The summed E-state index contributed by atoms with van der Waals surface area (Å²) in [6.45, 7) is 7.15. The lowest BCUT2D eigenvalue weighted by atomic mass is 9.95. The molecule has 0 atom stereocenters. The number of carbonyl (C=O) groups excluding carboxylic acids is 1. The summed E-state index contributed by atoms with van der Waals surface area (Å²) in [7, 11) is 1.97. The van der Waals surface area contributed by atoms with Crippen LogP contribution in [0.2, 0.25) is 0 Å². The van der Waals surface area contributed by atoms with Crippen LogP contribution in [-0.2, 0) is 18.3 Å². The fourth-order valence-corrected chi connectivity index (χ4v) is 3.60. The molecule has 0 bridgehead atoms. The number of nitrogens with zero attached hydrogens (tertiary/aromatic N) is 3. The predicted octanol–water partition coefficient (Wildman–Crippen LogP) is 2.35. The van der Waals surface area contributed by atoms with Crippen LogP contribution < -0.4 is 5.32 Å². The Kier molecular flexibility index (Phi) is 5.19. The number of amides is 1. The average Bonchev–Trinajstić information content (AvgIpc) is 2.91. The topological polar surface area (TPSA) is 50.2 Å². The van der Waals surface area contributed by atoms with Gasteiger partial charge in [0.25, 0.3) is 0 Å². The summed E-state index contributed by atoms with van der Waals surface area (Å²) >= 11 is 0. The SMILES string of the molecule is CC(C)N1CCC(C(=O)NCCc2nn(C)c3ccccc23)CC1. The van der Waals surface area contributed by atoms with Gasteiger partial charge in [0.1, 0.15) is 0 Å². The van der Waals surface area contributed by atoms with Crippen molar-refractivity contribution in [3.8, 4) is 0 Å². The van der Waals surface area contributed by atoms with Gasteiger partial charge in [-0.25, -0.2) is 0 Å². The lowest BCUT2D eigenvalue weighted by Crippen LogP contribution is -2.43. The van der Waals surface area contributed by atoms with Crippen molar-refractivity contribution >= 4 is 16.8 Å². The zero-order chi connectivity index (χ0) is 17.1. The number of para-hydroxylation sites is 1. The van der Waals surface area contributed by atoms with Crippen molar-refractivity contribution in [2.45, 2.75) is 39.2 Å². The third-order valence-electron chi connectivity index (χ3n) is 5.13. The fourth-order valence-electron chi connectivity index (χ4n) is 3.60. The molecule has 1 saturated heterocycles. The molecular formula is C19H28N4O. The number of hydrogen-bond acceptors (Lipinski definition) is 3. The number of benzene rings is 1. The molecular weight excluding hydrogens is 300 g/mol. The first-order chi connectivity index (χ1) is 11.6. The van der Waals surface area contributed by atoms with Gasteiger partial charge in [0, 0.05) is 37.4 Å². The van der Waals surface area contributed by atoms with Crippen LogP contribution in [0.15, 0.2) is 24.3 Å². The van der Waals surface area contributed by atoms with Crippen LogP contribution in [0, 0.1) is 5.92 Å². The standard InChI is InChI=1S/C19H28N4O/c1-14(2)23-12-9-15(10-13-23)19(24)20-11-8-17-16-6-4-5-7-18(16)22(3)21-17/h4-7,14-15H,8-13H2,1-3H3,(H,20,24). The van der Waals surface area contributed by atoms with E-state index in [2.05, 4.69) is 41.3 Å². The summed E-state index contributed by atoms with van der Waals surface area (Å²) in [5.74, 6) is 0.374. The molecule has 1 aliphatic heterocycles. The summed E-state index contributed by atoms with van der Waals surface area (Å²) < 4.78 is 1.91. The molecule has 0 spiro atoms. The molecule has 0 saturated carbocycles. The number of carbonyl (C=O) groups is 1. The quantitative estimate of drug-likeness (QED) is 0.917. The number of rotatable bonds is 5. The smallest absolute Gasteiger partial charge is 0.223 e. The average molecular weight is 328 g/mol. The van der Waals surface area contributed by atoms with Crippen LogP contribution in [0.5, 0.6) is 0 Å². The Bertz CT molecular complexity index is 698. The third kappa shape index (κ3) is 3.61. The van der Waals surface area contributed by atoms with Gasteiger partial charge in [-0.15, -0.1) is 0 Å². The largest absolute Gasteiger partial charge is 0.355 e. The summed E-state index contributed by atoms with van der Waals surface area (Å²) in [4.78, 5) is 14.8. The van der Waals surface area contributed by atoms with Crippen molar-refractivity contribution in [1.29, 1.82) is 0 Å². The van der Waals surface area contributed by atoms with E-state index >= 15 is 0 Å². The molecule has 24 heavy (non-hydrogen) atoms. The van der Waals surface area contributed by atoms with Crippen LogP contribution in [-0.4, -0.2) is 46.3 Å². The normalized spacial score (nSPS) is 16.8. The number of nitrogens with one attached hydrogen (secondary N) is 1.